The van der Waals surface area contributed by atoms with Gasteiger partial charge in [0.15, 0.2) is 0 Å². The van der Waals surface area contributed by atoms with Gasteiger partial charge in [0.05, 0.1) is 6.61 Å². The fourth-order valence-electron chi connectivity index (χ4n) is 1.92. The summed E-state index contributed by atoms with van der Waals surface area (Å²) in [5.41, 5.74) is 2.35. The van der Waals surface area contributed by atoms with Crippen LogP contribution in [0.5, 0.6) is 5.75 Å². The molecule has 0 saturated heterocycles. The first-order chi connectivity index (χ1) is 10.6. The molecule has 0 atom stereocenters. The molecule has 0 bridgehead atoms. The van der Waals surface area contributed by atoms with Crippen LogP contribution in [0.4, 0.5) is 5.13 Å². The van der Waals surface area contributed by atoms with Gasteiger partial charge in [0, 0.05) is 6.42 Å². The number of carbonyl (C=O) groups excluding carboxylic acids is 1. The van der Waals surface area contributed by atoms with E-state index in [0.717, 1.165) is 22.7 Å². The summed E-state index contributed by atoms with van der Waals surface area (Å²) in [6.07, 6.45) is 1.90. The van der Waals surface area contributed by atoms with E-state index in [1.807, 2.05) is 26.0 Å². The molecule has 22 heavy (non-hydrogen) atoms. The average molecular weight is 319 g/mol. The number of hydrogen-bond donors (Lipinski definition) is 1. The summed E-state index contributed by atoms with van der Waals surface area (Å²) in [4.78, 5) is 11.8. The van der Waals surface area contributed by atoms with Crippen molar-refractivity contribution in [2.45, 2.75) is 40.0 Å². The van der Waals surface area contributed by atoms with Gasteiger partial charge in [0.2, 0.25) is 11.0 Å². The van der Waals surface area contributed by atoms with E-state index in [0.29, 0.717) is 24.6 Å². The fourth-order valence-corrected chi connectivity index (χ4v) is 2.62. The third-order valence-corrected chi connectivity index (χ3v) is 4.36. The molecule has 1 aromatic heterocycles. The smallest absolute Gasteiger partial charge is 0.226 e. The molecule has 6 heteroatoms. The summed E-state index contributed by atoms with van der Waals surface area (Å²) in [5.74, 6) is 0.834. The minimum Gasteiger partial charge on any atom is -0.493 e. The Morgan fingerprint density at radius 2 is 2.14 bits per heavy atom. The van der Waals surface area contributed by atoms with Gasteiger partial charge in [-0.05, 0) is 43.9 Å². The van der Waals surface area contributed by atoms with Crippen LogP contribution in [0.1, 0.15) is 35.9 Å². The molecule has 0 fully saturated rings. The van der Waals surface area contributed by atoms with E-state index in [2.05, 4.69) is 28.5 Å². The summed E-state index contributed by atoms with van der Waals surface area (Å²) >= 11 is 1.42. The van der Waals surface area contributed by atoms with E-state index < -0.39 is 0 Å². The Hall–Kier alpha value is -1.95. The highest BCUT2D eigenvalue weighted by atomic mass is 32.1. The maximum Gasteiger partial charge on any atom is 0.226 e. The molecule has 118 valence electrons. The molecule has 1 N–H and O–H groups in total. The lowest BCUT2D eigenvalue weighted by atomic mass is 10.1. The van der Waals surface area contributed by atoms with Crippen molar-refractivity contribution in [2.24, 2.45) is 0 Å². The zero-order valence-electron chi connectivity index (χ0n) is 13.2. The largest absolute Gasteiger partial charge is 0.493 e. The summed E-state index contributed by atoms with van der Waals surface area (Å²) in [7, 11) is 0. The molecule has 0 spiro atoms. The van der Waals surface area contributed by atoms with E-state index in [-0.39, 0.29) is 5.91 Å². The van der Waals surface area contributed by atoms with Crippen LogP contribution in [0, 0.1) is 13.8 Å². The first kappa shape index (κ1) is 16.4. The van der Waals surface area contributed by atoms with E-state index in [9.17, 15) is 4.79 Å². The van der Waals surface area contributed by atoms with E-state index in [1.165, 1.54) is 16.9 Å². The summed E-state index contributed by atoms with van der Waals surface area (Å²) in [6.45, 7) is 6.63. The normalized spacial score (nSPS) is 10.5. The average Bonchev–Trinajstić information content (AvgIpc) is 2.95. The second-order valence-corrected chi connectivity index (χ2v) is 6.11. The van der Waals surface area contributed by atoms with Gasteiger partial charge >= 0.3 is 0 Å². The van der Waals surface area contributed by atoms with E-state index in [4.69, 9.17) is 4.74 Å². The molecule has 1 aromatic carbocycles. The highest BCUT2D eigenvalue weighted by Gasteiger charge is 2.07. The zero-order valence-corrected chi connectivity index (χ0v) is 14.0. The van der Waals surface area contributed by atoms with E-state index in [1.54, 1.807) is 0 Å². The number of aryl methyl sites for hydroxylation is 2. The number of anilines is 1. The predicted molar refractivity (Wildman–Crippen MR) is 88.6 cm³/mol. The summed E-state index contributed by atoms with van der Waals surface area (Å²) in [5, 5.41) is 12.2. The van der Waals surface area contributed by atoms with Crippen LogP contribution >= 0.6 is 11.3 Å². The summed E-state index contributed by atoms with van der Waals surface area (Å²) < 4.78 is 5.73. The number of aromatic nitrogens is 2. The monoisotopic (exact) mass is 319 g/mol. The van der Waals surface area contributed by atoms with Crippen LogP contribution in [0.15, 0.2) is 18.2 Å². The number of ether oxygens (including phenoxy) is 1. The highest BCUT2D eigenvalue weighted by molar-refractivity contribution is 7.15. The molecule has 0 radical (unpaired) electrons. The minimum atomic E-state index is -0.0524. The SMILES string of the molecule is CCc1nnc(NC(=O)CCCOc2cccc(C)c2C)s1. The molecule has 5 nitrogen and oxygen atoms in total. The molecule has 0 aliphatic rings. The van der Waals surface area contributed by atoms with Gasteiger partial charge in [-0.25, -0.2) is 0 Å². The third-order valence-electron chi connectivity index (χ3n) is 3.38. The first-order valence-corrected chi connectivity index (χ1v) is 8.23. The highest BCUT2D eigenvalue weighted by Crippen LogP contribution is 2.21. The lowest BCUT2D eigenvalue weighted by Crippen LogP contribution is -2.12. The second kappa shape index (κ2) is 7.89. The number of nitrogens with zero attached hydrogens (tertiary/aromatic N) is 2. The third kappa shape index (κ3) is 4.53. The van der Waals surface area contributed by atoms with Crippen LogP contribution in [0.3, 0.4) is 0 Å². The van der Waals surface area contributed by atoms with Crippen LogP contribution in [-0.2, 0) is 11.2 Å². The topological polar surface area (TPSA) is 64.1 Å². The van der Waals surface area contributed by atoms with Gasteiger partial charge in [-0.3, -0.25) is 4.79 Å². The van der Waals surface area contributed by atoms with Crippen LogP contribution in [-0.4, -0.2) is 22.7 Å². The summed E-state index contributed by atoms with van der Waals surface area (Å²) in [6, 6.07) is 5.99. The molecule has 2 rings (SSSR count). The molecule has 0 saturated carbocycles. The lowest BCUT2D eigenvalue weighted by molar-refractivity contribution is -0.116. The molecular formula is C16H21N3O2S. The minimum absolute atomic E-state index is 0.0524. The number of hydrogen-bond acceptors (Lipinski definition) is 5. The Balaban J connectivity index is 1.72. The van der Waals surface area contributed by atoms with Crippen LogP contribution < -0.4 is 10.1 Å². The maximum absolute atomic E-state index is 11.8. The molecule has 1 amide bonds. The number of nitrogens with one attached hydrogen (secondary N) is 1. The van der Waals surface area contributed by atoms with Crippen LogP contribution in [0.2, 0.25) is 0 Å². The van der Waals surface area contributed by atoms with Crippen molar-refractivity contribution in [2.75, 3.05) is 11.9 Å². The molecule has 0 aliphatic carbocycles. The predicted octanol–water partition coefficient (Wildman–Crippen LogP) is 3.52. The fraction of sp³-hybridized carbons (Fsp3) is 0.438. The second-order valence-electron chi connectivity index (χ2n) is 5.05. The van der Waals surface area contributed by atoms with Gasteiger partial charge in [-0.1, -0.05) is 30.4 Å². The Kier molecular flexibility index (Phi) is 5.89. The standard InChI is InChI=1S/C16H21N3O2S/c1-4-15-18-19-16(22-15)17-14(20)9-6-10-21-13-8-5-7-11(2)12(13)3/h5,7-8H,4,6,9-10H2,1-3H3,(H,17,19,20). The molecule has 0 aliphatic heterocycles. The van der Waals surface area contributed by atoms with Gasteiger partial charge in [0.1, 0.15) is 10.8 Å². The van der Waals surface area contributed by atoms with Gasteiger partial charge in [0.25, 0.3) is 0 Å². The Morgan fingerprint density at radius 3 is 2.86 bits per heavy atom. The van der Waals surface area contributed by atoms with E-state index >= 15 is 0 Å². The van der Waals surface area contributed by atoms with Crippen molar-refractivity contribution in [1.29, 1.82) is 0 Å². The molecule has 0 unspecified atom stereocenters. The van der Waals surface area contributed by atoms with Crippen molar-refractivity contribution in [3.05, 3.63) is 34.3 Å². The number of carbonyl (C=O) groups is 1. The Bertz CT molecular complexity index is 640. The molecule has 2 aromatic rings. The van der Waals surface area contributed by atoms with Gasteiger partial charge < -0.3 is 10.1 Å². The number of rotatable bonds is 7. The Labute approximate surface area is 134 Å². The molecule has 1 heterocycles. The quantitative estimate of drug-likeness (QED) is 0.793. The van der Waals surface area contributed by atoms with Crippen molar-refractivity contribution in [3.63, 3.8) is 0 Å². The van der Waals surface area contributed by atoms with Crippen molar-refractivity contribution in [3.8, 4) is 5.75 Å². The lowest BCUT2D eigenvalue weighted by Gasteiger charge is -2.10. The number of amides is 1. The maximum atomic E-state index is 11.8. The van der Waals surface area contributed by atoms with Crippen LogP contribution in [0.25, 0.3) is 0 Å². The van der Waals surface area contributed by atoms with Gasteiger partial charge in [-0.2, -0.15) is 0 Å². The molecular weight excluding hydrogens is 298 g/mol. The number of benzene rings is 1. The van der Waals surface area contributed by atoms with Crippen molar-refractivity contribution >= 4 is 22.4 Å². The first-order valence-electron chi connectivity index (χ1n) is 7.41. The van der Waals surface area contributed by atoms with Gasteiger partial charge in [-0.15, -0.1) is 10.2 Å². The van der Waals surface area contributed by atoms with Crippen molar-refractivity contribution in [1.82, 2.24) is 10.2 Å². The van der Waals surface area contributed by atoms with Crippen molar-refractivity contribution < 1.29 is 9.53 Å². The Morgan fingerprint density at radius 1 is 1.32 bits per heavy atom. The zero-order chi connectivity index (χ0) is 15.9.